The van der Waals surface area contributed by atoms with Gasteiger partial charge in [0, 0.05) is 23.2 Å². The molecular weight excluding hydrogens is 366 g/mol. The second kappa shape index (κ2) is 8.30. The molecule has 0 spiro atoms. The molecule has 0 radical (unpaired) electrons. The first kappa shape index (κ1) is 19.7. The van der Waals surface area contributed by atoms with Crippen molar-refractivity contribution in [3.8, 4) is 0 Å². The Bertz CT molecular complexity index is 733. The molecule has 6 nitrogen and oxygen atoms in total. The third kappa shape index (κ3) is 4.61. The van der Waals surface area contributed by atoms with Crippen LogP contribution < -0.4 is 4.90 Å². The predicted molar refractivity (Wildman–Crippen MR) is 104 cm³/mol. The van der Waals surface area contributed by atoms with Crippen LogP contribution in [0.15, 0.2) is 24.3 Å². The number of carbonyl (C=O) groups is 3. The third-order valence-corrected chi connectivity index (χ3v) is 5.32. The molecule has 7 heteroatoms. The van der Waals surface area contributed by atoms with Gasteiger partial charge in [0.2, 0.25) is 17.7 Å². The molecule has 1 aliphatic heterocycles. The first-order valence-electron chi connectivity index (χ1n) is 9.47. The molecule has 0 bridgehead atoms. The first-order chi connectivity index (χ1) is 12.8. The lowest BCUT2D eigenvalue weighted by atomic mass is 9.84. The third-order valence-electron chi connectivity index (χ3n) is 5.09. The molecule has 146 valence electrons. The number of halogens is 1. The van der Waals surface area contributed by atoms with Crippen molar-refractivity contribution in [3.63, 3.8) is 0 Å². The van der Waals surface area contributed by atoms with Gasteiger partial charge in [0.25, 0.3) is 0 Å². The highest BCUT2D eigenvalue weighted by atomic mass is 35.5. The molecule has 1 aromatic carbocycles. The maximum Gasteiger partial charge on any atom is 0.248 e. The molecule has 0 N–H and O–H groups in total. The van der Waals surface area contributed by atoms with Crippen LogP contribution in [0.1, 0.15) is 33.1 Å². The number of anilines is 1. The maximum absolute atomic E-state index is 12.8. The van der Waals surface area contributed by atoms with Crippen molar-refractivity contribution >= 4 is 35.0 Å². The Balaban J connectivity index is 1.65. The minimum absolute atomic E-state index is 0.0263. The van der Waals surface area contributed by atoms with Gasteiger partial charge in [-0.25, -0.2) is 0 Å². The minimum atomic E-state index is -0.193. The predicted octanol–water partition coefficient (Wildman–Crippen LogP) is 2.76. The van der Waals surface area contributed by atoms with Crippen molar-refractivity contribution in [3.05, 3.63) is 29.3 Å². The van der Waals surface area contributed by atoms with E-state index in [1.165, 1.54) is 4.90 Å². The Hall–Kier alpha value is -2.08. The van der Waals surface area contributed by atoms with E-state index in [4.69, 9.17) is 11.6 Å². The van der Waals surface area contributed by atoms with Crippen molar-refractivity contribution in [2.75, 3.05) is 31.2 Å². The lowest BCUT2D eigenvalue weighted by Crippen LogP contribution is -2.47. The molecule has 2 fully saturated rings. The summed E-state index contributed by atoms with van der Waals surface area (Å²) in [6.07, 6.45) is 2.90. The highest BCUT2D eigenvalue weighted by Crippen LogP contribution is 2.29. The fraction of sp³-hybridized carbons (Fsp3) is 0.550. The van der Waals surface area contributed by atoms with E-state index >= 15 is 0 Å². The number of nitrogens with zero attached hydrogens (tertiary/aromatic N) is 3. The highest BCUT2D eigenvalue weighted by Gasteiger charge is 2.35. The average molecular weight is 392 g/mol. The molecule has 1 saturated heterocycles. The summed E-state index contributed by atoms with van der Waals surface area (Å²) in [6.45, 7) is 4.87. The Morgan fingerprint density at radius 2 is 2.04 bits per heavy atom. The van der Waals surface area contributed by atoms with Crippen LogP contribution in [0.25, 0.3) is 0 Å². The highest BCUT2D eigenvalue weighted by molar-refractivity contribution is 6.31. The van der Waals surface area contributed by atoms with Crippen LogP contribution in [0.4, 0.5) is 5.69 Å². The summed E-state index contributed by atoms with van der Waals surface area (Å²) in [6, 6.07) is 7.02. The smallest absolute Gasteiger partial charge is 0.248 e. The van der Waals surface area contributed by atoms with Crippen LogP contribution in [0.2, 0.25) is 5.02 Å². The van der Waals surface area contributed by atoms with Gasteiger partial charge in [0.05, 0.1) is 6.54 Å². The number of amides is 3. The lowest BCUT2D eigenvalue weighted by Gasteiger charge is -2.33. The Morgan fingerprint density at radius 3 is 2.63 bits per heavy atom. The van der Waals surface area contributed by atoms with Gasteiger partial charge in [-0.1, -0.05) is 37.9 Å². The second-order valence-corrected chi connectivity index (χ2v) is 8.21. The number of carbonyl (C=O) groups excluding carboxylic acids is 3. The van der Waals surface area contributed by atoms with Crippen molar-refractivity contribution in [1.82, 2.24) is 9.80 Å². The molecule has 27 heavy (non-hydrogen) atoms. The summed E-state index contributed by atoms with van der Waals surface area (Å²) in [4.78, 5) is 42.5. The molecule has 3 amide bonds. The van der Waals surface area contributed by atoms with Gasteiger partial charge >= 0.3 is 0 Å². The average Bonchev–Trinajstić information content (AvgIpc) is 2.94. The SMILES string of the molecule is CC(C)CN(CC(=O)N1CC(=O)N(c2cccc(Cl)c2)C1)C(=O)C1CCC1. The molecule has 1 heterocycles. The van der Waals surface area contributed by atoms with Crippen molar-refractivity contribution < 1.29 is 14.4 Å². The molecule has 1 saturated carbocycles. The van der Waals surface area contributed by atoms with Gasteiger partial charge < -0.3 is 9.80 Å². The van der Waals surface area contributed by atoms with Gasteiger partial charge in [-0.05, 0) is 37.0 Å². The monoisotopic (exact) mass is 391 g/mol. The molecule has 1 aromatic rings. The van der Waals surface area contributed by atoms with E-state index in [0.29, 0.717) is 17.3 Å². The molecule has 2 aliphatic rings. The van der Waals surface area contributed by atoms with E-state index in [2.05, 4.69) is 0 Å². The Kier molecular flexibility index (Phi) is 6.05. The second-order valence-electron chi connectivity index (χ2n) is 7.78. The van der Waals surface area contributed by atoms with Crippen LogP contribution in [-0.2, 0) is 14.4 Å². The van der Waals surface area contributed by atoms with Gasteiger partial charge in [-0.15, -0.1) is 0 Å². The van der Waals surface area contributed by atoms with E-state index in [1.807, 2.05) is 13.8 Å². The first-order valence-corrected chi connectivity index (χ1v) is 9.85. The number of hydrogen-bond acceptors (Lipinski definition) is 3. The molecule has 1 aliphatic carbocycles. The fourth-order valence-electron chi connectivity index (χ4n) is 3.43. The largest absolute Gasteiger partial charge is 0.333 e. The van der Waals surface area contributed by atoms with Gasteiger partial charge in [-0.2, -0.15) is 0 Å². The summed E-state index contributed by atoms with van der Waals surface area (Å²) in [5.41, 5.74) is 0.674. The molecule has 0 atom stereocenters. The van der Waals surface area contributed by atoms with E-state index in [1.54, 1.807) is 34.1 Å². The van der Waals surface area contributed by atoms with Crippen LogP contribution in [0.5, 0.6) is 0 Å². The minimum Gasteiger partial charge on any atom is -0.333 e. The van der Waals surface area contributed by atoms with Gasteiger partial charge in [-0.3, -0.25) is 19.3 Å². The Morgan fingerprint density at radius 1 is 1.30 bits per heavy atom. The molecule has 0 unspecified atom stereocenters. The van der Waals surface area contributed by atoms with E-state index < -0.39 is 0 Å². The number of rotatable bonds is 6. The summed E-state index contributed by atoms with van der Waals surface area (Å²) < 4.78 is 0. The van der Waals surface area contributed by atoms with E-state index in [0.717, 1.165) is 19.3 Å². The molecule has 0 aromatic heterocycles. The van der Waals surface area contributed by atoms with Crippen molar-refractivity contribution in [1.29, 1.82) is 0 Å². The summed E-state index contributed by atoms with van der Waals surface area (Å²) in [5.74, 6) is 0.0674. The standard InChI is InChI=1S/C20H26ClN3O3/c1-14(2)10-22(20(27)15-5-3-6-15)11-18(25)23-12-19(26)24(13-23)17-8-4-7-16(21)9-17/h4,7-9,14-15H,3,5-6,10-13H2,1-2H3. The molecular formula is C20H26ClN3O3. The normalized spacial score (nSPS) is 17.4. The van der Waals surface area contributed by atoms with Crippen molar-refractivity contribution in [2.45, 2.75) is 33.1 Å². The van der Waals surface area contributed by atoms with Crippen LogP contribution in [-0.4, -0.2) is 53.8 Å². The molecule has 3 rings (SSSR count). The zero-order valence-corrected chi connectivity index (χ0v) is 16.6. The van der Waals surface area contributed by atoms with Gasteiger partial charge in [0.15, 0.2) is 0 Å². The summed E-state index contributed by atoms with van der Waals surface area (Å²) in [5, 5.41) is 0.541. The quantitative estimate of drug-likeness (QED) is 0.749. The fourth-order valence-corrected chi connectivity index (χ4v) is 3.62. The summed E-state index contributed by atoms with van der Waals surface area (Å²) >= 11 is 6.01. The lowest BCUT2D eigenvalue weighted by molar-refractivity contribution is -0.145. The van der Waals surface area contributed by atoms with Crippen molar-refractivity contribution in [2.24, 2.45) is 11.8 Å². The van der Waals surface area contributed by atoms with E-state index in [-0.39, 0.29) is 49.3 Å². The van der Waals surface area contributed by atoms with Crippen LogP contribution in [0, 0.1) is 11.8 Å². The van der Waals surface area contributed by atoms with Crippen LogP contribution in [0.3, 0.4) is 0 Å². The number of hydrogen-bond donors (Lipinski definition) is 0. The maximum atomic E-state index is 12.8. The zero-order valence-electron chi connectivity index (χ0n) is 15.9. The zero-order chi connectivity index (χ0) is 19.6. The topological polar surface area (TPSA) is 60.9 Å². The van der Waals surface area contributed by atoms with Crippen LogP contribution >= 0.6 is 11.6 Å². The van der Waals surface area contributed by atoms with E-state index in [9.17, 15) is 14.4 Å². The van der Waals surface area contributed by atoms with Gasteiger partial charge in [0.1, 0.15) is 13.2 Å². The number of benzene rings is 1. The summed E-state index contributed by atoms with van der Waals surface area (Å²) in [7, 11) is 0. The Labute approximate surface area is 165 Å².